The van der Waals surface area contributed by atoms with Gasteiger partial charge >= 0.3 is 0 Å². The summed E-state index contributed by atoms with van der Waals surface area (Å²) in [6.45, 7) is 3.16. The molecule has 2 aliphatic heterocycles. The lowest BCUT2D eigenvalue weighted by Crippen LogP contribution is -2.45. The zero-order valence-electron chi connectivity index (χ0n) is 17.1. The topological polar surface area (TPSA) is 94.4 Å². The van der Waals surface area contributed by atoms with Crippen molar-refractivity contribution >= 4 is 11.6 Å². The summed E-state index contributed by atoms with van der Waals surface area (Å²) in [6, 6.07) is 13.7. The molecule has 1 atom stereocenters. The highest BCUT2D eigenvalue weighted by Crippen LogP contribution is 2.33. The second-order valence-corrected chi connectivity index (χ2v) is 7.80. The van der Waals surface area contributed by atoms with Crippen LogP contribution in [-0.4, -0.2) is 63.4 Å². The van der Waals surface area contributed by atoms with E-state index in [1.807, 2.05) is 47.4 Å². The number of amides is 1. The molecule has 0 unspecified atom stereocenters. The van der Waals surface area contributed by atoms with Gasteiger partial charge in [-0.05, 0) is 53.1 Å². The van der Waals surface area contributed by atoms with Gasteiger partial charge in [0.2, 0.25) is 0 Å². The van der Waals surface area contributed by atoms with Gasteiger partial charge in [-0.1, -0.05) is 12.1 Å². The van der Waals surface area contributed by atoms with Crippen LogP contribution in [0.2, 0.25) is 0 Å². The summed E-state index contributed by atoms with van der Waals surface area (Å²) in [6.07, 6.45) is 3.55. The molecule has 5 rings (SSSR count). The highest BCUT2D eigenvalue weighted by atomic mass is 16.6. The molecule has 9 heteroatoms. The zero-order valence-corrected chi connectivity index (χ0v) is 17.1. The van der Waals surface area contributed by atoms with Gasteiger partial charge in [0, 0.05) is 36.4 Å². The van der Waals surface area contributed by atoms with Gasteiger partial charge in [-0.3, -0.25) is 4.79 Å². The van der Waals surface area contributed by atoms with Crippen molar-refractivity contribution in [1.29, 1.82) is 0 Å². The van der Waals surface area contributed by atoms with E-state index in [1.54, 1.807) is 11.0 Å². The van der Waals surface area contributed by atoms with Gasteiger partial charge in [-0.25, -0.2) is 4.68 Å². The molecule has 0 radical (unpaired) electrons. The number of fused-ring (bicyclic) bond motifs is 1. The van der Waals surface area contributed by atoms with Crippen molar-refractivity contribution in [2.24, 2.45) is 0 Å². The summed E-state index contributed by atoms with van der Waals surface area (Å²) < 4.78 is 12.9. The molecule has 1 N–H and O–H groups in total. The van der Waals surface area contributed by atoms with Crippen molar-refractivity contribution < 1.29 is 14.3 Å². The molecule has 2 aliphatic rings. The number of aromatic nitrogens is 4. The monoisotopic (exact) mass is 420 g/mol. The van der Waals surface area contributed by atoms with E-state index in [0.29, 0.717) is 31.9 Å². The van der Waals surface area contributed by atoms with Gasteiger partial charge in [0.05, 0.1) is 6.54 Å². The first-order valence-electron chi connectivity index (χ1n) is 10.5. The van der Waals surface area contributed by atoms with Gasteiger partial charge in [0.25, 0.3) is 5.91 Å². The van der Waals surface area contributed by atoms with Gasteiger partial charge in [0.15, 0.2) is 11.5 Å². The zero-order chi connectivity index (χ0) is 21.0. The van der Waals surface area contributed by atoms with E-state index >= 15 is 0 Å². The predicted octanol–water partition coefficient (Wildman–Crippen LogP) is 2.21. The Morgan fingerprint density at radius 1 is 1.10 bits per heavy atom. The third kappa shape index (κ3) is 4.45. The van der Waals surface area contributed by atoms with Gasteiger partial charge in [-0.2, -0.15) is 0 Å². The van der Waals surface area contributed by atoms with Crippen molar-refractivity contribution in [1.82, 2.24) is 25.1 Å². The van der Waals surface area contributed by atoms with Gasteiger partial charge in [-0.15, -0.1) is 5.10 Å². The molecule has 1 amide bonds. The maximum atomic E-state index is 13.0. The lowest BCUT2D eigenvalue weighted by molar-refractivity contribution is 0.0715. The van der Waals surface area contributed by atoms with E-state index < -0.39 is 0 Å². The van der Waals surface area contributed by atoms with Crippen molar-refractivity contribution in [3.63, 3.8) is 0 Å². The highest BCUT2D eigenvalue weighted by molar-refractivity contribution is 5.94. The lowest BCUT2D eigenvalue weighted by atomic mass is 10.0. The number of tetrazole rings is 1. The second kappa shape index (κ2) is 8.63. The standard InChI is InChI=1S/C22H24N6O3/c29-22(17-5-3-16(4-6-17)13-28-15-23-25-26-28)27-9-1-2-19(14-27)24-18-7-8-20-21(12-18)31-11-10-30-20/h3-8,12,15,19,24H,1-2,9-11,13-14H2/t19-/m1/s1. The van der Waals surface area contributed by atoms with E-state index in [2.05, 4.69) is 20.8 Å². The minimum atomic E-state index is 0.0580. The summed E-state index contributed by atoms with van der Waals surface area (Å²) in [7, 11) is 0. The number of likely N-dealkylation sites (tertiary alicyclic amines) is 1. The first-order chi connectivity index (χ1) is 15.2. The number of hydrogen-bond donors (Lipinski definition) is 1. The van der Waals surface area contributed by atoms with Crippen LogP contribution in [0.5, 0.6) is 11.5 Å². The smallest absolute Gasteiger partial charge is 0.253 e. The summed E-state index contributed by atoms with van der Waals surface area (Å²) in [5.74, 6) is 1.60. The van der Waals surface area contributed by atoms with E-state index in [1.165, 1.54) is 0 Å². The summed E-state index contributed by atoms with van der Waals surface area (Å²) in [4.78, 5) is 15.0. The van der Waals surface area contributed by atoms with Crippen molar-refractivity contribution in [2.75, 3.05) is 31.6 Å². The first kappa shape index (κ1) is 19.3. The molecule has 1 saturated heterocycles. The molecule has 1 aromatic heterocycles. The summed E-state index contributed by atoms with van der Waals surface area (Å²) >= 11 is 0. The Balaban J connectivity index is 1.21. The molecular weight excluding hydrogens is 396 g/mol. The minimum absolute atomic E-state index is 0.0580. The average Bonchev–Trinajstić information content (AvgIpc) is 3.32. The predicted molar refractivity (Wildman–Crippen MR) is 113 cm³/mol. The fraction of sp³-hybridized carbons (Fsp3) is 0.364. The molecule has 0 saturated carbocycles. The van der Waals surface area contributed by atoms with Gasteiger partial charge < -0.3 is 19.7 Å². The Morgan fingerprint density at radius 3 is 2.74 bits per heavy atom. The second-order valence-electron chi connectivity index (χ2n) is 7.80. The lowest BCUT2D eigenvalue weighted by Gasteiger charge is -2.34. The van der Waals surface area contributed by atoms with Crippen LogP contribution < -0.4 is 14.8 Å². The van der Waals surface area contributed by atoms with Crippen molar-refractivity contribution in [2.45, 2.75) is 25.4 Å². The fourth-order valence-electron chi connectivity index (χ4n) is 4.02. The molecule has 3 aromatic rings. The van der Waals surface area contributed by atoms with Gasteiger partial charge in [0.1, 0.15) is 19.5 Å². The third-order valence-electron chi connectivity index (χ3n) is 5.56. The van der Waals surface area contributed by atoms with Crippen LogP contribution in [-0.2, 0) is 6.54 Å². The molecule has 160 valence electrons. The number of ether oxygens (including phenoxy) is 2. The van der Waals surface area contributed by atoms with Crippen LogP contribution >= 0.6 is 0 Å². The summed E-state index contributed by atoms with van der Waals surface area (Å²) in [5.41, 5.74) is 2.72. The molecule has 3 heterocycles. The van der Waals surface area contributed by atoms with Crippen LogP contribution in [0.15, 0.2) is 48.8 Å². The maximum absolute atomic E-state index is 13.0. The van der Waals surface area contributed by atoms with Crippen molar-refractivity contribution in [3.05, 3.63) is 59.9 Å². The number of anilines is 1. The number of benzene rings is 2. The largest absolute Gasteiger partial charge is 0.486 e. The van der Waals surface area contributed by atoms with Crippen LogP contribution in [0.25, 0.3) is 0 Å². The number of nitrogens with one attached hydrogen (secondary N) is 1. The molecular formula is C22H24N6O3. The Kier molecular flexibility index (Phi) is 5.39. The van der Waals surface area contributed by atoms with E-state index in [4.69, 9.17) is 9.47 Å². The van der Waals surface area contributed by atoms with Crippen LogP contribution in [0.3, 0.4) is 0 Å². The molecule has 2 aromatic carbocycles. The van der Waals surface area contributed by atoms with Crippen LogP contribution in [0.4, 0.5) is 5.69 Å². The molecule has 0 spiro atoms. The molecule has 0 bridgehead atoms. The van der Waals surface area contributed by atoms with Crippen molar-refractivity contribution in [3.8, 4) is 11.5 Å². The maximum Gasteiger partial charge on any atom is 0.253 e. The average molecular weight is 420 g/mol. The Morgan fingerprint density at radius 2 is 1.94 bits per heavy atom. The molecule has 0 aliphatic carbocycles. The number of carbonyl (C=O) groups excluding carboxylic acids is 1. The number of piperidine rings is 1. The van der Waals surface area contributed by atoms with E-state index in [-0.39, 0.29) is 11.9 Å². The summed E-state index contributed by atoms with van der Waals surface area (Å²) in [5, 5.41) is 14.7. The first-order valence-corrected chi connectivity index (χ1v) is 10.5. The Hall–Kier alpha value is -3.62. The minimum Gasteiger partial charge on any atom is -0.486 e. The number of hydrogen-bond acceptors (Lipinski definition) is 7. The molecule has 9 nitrogen and oxygen atoms in total. The Labute approximate surface area is 180 Å². The molecule has 1 fully saturated rings. The number of rotatable bonds is 5. The van der Waals surface area contributed by atoms with Crippen LogP contribution in [0, 0.1) is 0 Å². The third-order valence-corrected chi connectivity index (χ3v) is 5.56. The van der Waals surface area contributed by atoms with Crippen LogP contribution in [0.1, 0.15) is 28.8 Å². The normalized spacial score (nSPS) is 17.9. The highest BCUT2D eigenvalue weighted by Gasteiger charge is 2.25. The van der Waals surface area contributed by atoms with E-state index in [0.717, 1.165) is 42.1 Å². The van der Waals surface area contributed by atoms with E-state index in [9.17, 15) is 4.79 Å². The quantitative estimate of drug-likeness (QED) is 0.676. The Bertz CT molecular complexity index is 1040. The number of nitrogens with zero attached hydrogens (tertiary/aromatic N) is 5. The molecule has 31 heavy (non-hydrogen) atoms. The fourth-order valence-corrected chi connectivity index (χ4v) is 4.02. The number of carbonyl (C=O) groups is 1. The SMILES string of the molecule is O=C(c1ccc(Cn2cnnn2)cc1)N1CCC[C@@H](Nc2ccc3c(c2)OCCO3)C1.